The summed E-state index contributed by atoms with van der Waals surface area (Å²) in [7, 11) is -0.357. The van der Waals surface area contributed by atoms with E-state index in [4.69, 9.17) is 9.31 Å². The lowest BCUT2D eigenvalue weighted by Gasteiger charge is -2.32. The summed E-state index contributed by atoms with van der Waals surface area (Å²) in [5.74, 6) is 0. The molecule has 0 bridgehead atoms. The maximum atomic E-state index is 6.30. The lowest BCUT2D eigenvalue weighted by atomic mass is 9.77. The first-order valence-electron chi connectivity index (χ1n) is 11.0. The molecule has 0 aliphatic carbocycles. The number of hydrogen-bond acceptors (Lipinski definition) is 2. The summed E-state index contributed by atoms with van der Waals surface area (Å²) in [4.78, 5) is 0. The van der Waals surface area contributed by atoms with E-state index in [0.29, 0.717) is 0 Å². The highest BCUT2D eigenvalue weighted by Crippen LogP contribution is 2.40. The zero-order chi connectivity index (χ0) is 21.4. The minimum absolute atomic E-state index is 0.347. The Morgan fingerprint density at radius 2 is 1.19 bits per heavy atom. The van der Waals surface area contributed by atoms with Gasteiger partial charge in [-0.1, -0.05) is 78.9 Å². The Balaban J connectivity index is 1.53. The van der Waals surface area contributed by atoms with Crippen LogP contribution < -0.4 is 5.46 Å². The monoisotopic (exact) mass is 404 g/mol. The SMILES string of the molecule is CC1(C)OB(c2cccc(-c3ccc4ccc5cccc6ccc3c4c56)c2)OC1(C)C. The van der Waals surface area contributed by atoms with Crippen molar-refractivity contribution < 1.29 is 9.31 Å². The van der Waals surface area contributed by atoms with Gasteiger partial charge in [0.25, 0.3) is 0 Å². The zero-order valence-corrected chi connectivity index (χ0v) is 18.4. The second-order valence-electron chi connectivity index (χ2n) is 9.68. The van der Waals surface area contributed by atoms with Crippen LogP contribution in [0.15, 0.2) is 78.9 Å². The van der Waals surface area contributed by atoms with Crippen LogP contribution in [0.25, 0.3) is 43.4 Å². The molecule has 152 valence electrons. The lowest BCUT2D eigenvalue weighted by Crippen LogP contribution is -2.41. The molecule has 0 aromatic heterocycles. The van der Waals surface area contributed by atoms with Gasteiger partial charge in [-0.2, -0.15) is 0 Å². The Hall–Kier alpha value is -2.88. The summed E-state index contributed by atoms with van der Waals surface area (Å²) < 4.78 is 12.6. The van der Waals surface area contributed by atoms with Crippen molar-refractivity contribution in [1.82, 2.24) is 0 Å². The highest BCUT2D eigenvalue weighted by molar-refractivity contribution is 6.62. The minimum Gasteiger partial charge on any atom is -0.399 e. The number of rotatable bonds is 2. The molecule has 0 spiro atoms. The van der Waals surface area contributed by atoms with Crippen LogP contribution in [0.1, 0.15) is 27.7 Å². The normalized spacial score (nSPS) is 17.9. The molecule has 0 N–H and O–H groups in total. The van der Waals surface area contributed by atoms with Gasteiger partial charge in [-0.3, -0.25) is 0 Å². The summed E-state index contributed by atoms with van der Waals surface area (Å²) in [6, 6.07) is 28.6. The fourth-order valence-electron chi connectivity index (χ4n) is 4.82. The highest BCUT2D eigenvalue weighted by Gasteiger charge is 2.51. The smallest absolute Gasteiger partial charge is 0.399 e. The van der Waals surface area contributed by atoms with Gasteiger partial charge in [-0.05, 0) is 76.6 Å². The molecule has 0 unspecified atom stereocenters. The van der Waals surface area contributed by atoms with Gasteiger partial charge in [0.1, 0.15) is 0 Å². The molecule has 0 atom stereocenters. The number of hydrogen-bond donors (Lipinski definition) is 0. The van der Waals surface area contributed by atoms with Crippen LogP contribution in [-0.2, 0) is 9.31 Å². The predicted octanol–water partition coefficient (Wildman–Crippen LogP) is 6.55. The van der Waals surface area contributed by atoms with Crippen LogP contribution in [0.4, 0.5) is 0 Å². The van der Waals surface area contributed by atoms with Gasteiger partial charge in [0, 0.05) is 0 Å². The molecular weight excluding hydrogens is 379 g/mol. The van der Waals surface area contributed by atoms with Crippen LogP contribution in [-0.4, -0.2) is 18.3 Å². The Bertz CT molecular complexity index is 1420. The van der Waals surface area contributed by atoms with Crippen molar-refractivity contribution in [2.45, 2.75) is 38.9 Å². The third-order valence-electron chi connectivity index (χ3n) is 7.25. The van der Waals surface area contributed by atoms with Crippen molar-refractivity contribution >= 4 is 44.9 Å². The molecule has 31 heavy (non-hydrogen) atoms. The number of benzene rings is 5. The molecule has 5 aromatic rings. The van der Waals surface area contributed by atoms with Crippen LogP contribution in [0.5, 0.6) is 0 Å². The van der Waals surface area contributed by atoms with Gasteiger partial charge in [0.2, 0.25) is 0 Å². The first kappa shape index (κ1) is 18.9. The summed E-state index contributed by atoms with van der Waals surface area (Å²) in [6.45, 7) is 8.38. The molecule has 1 heterocycles. The second kappa shape index (κ2) is 6.32. The molecule has 0 amide bonds. The molecule has 2 nitrogen and oxygen atoms in total. The van der Waals surface area contributed by atoms with Gasteiger partial charge in [0.05, 0.1) is 11.2 Å². The average Bonchev–Trinajstić information content (AvgIpc) is 2.99. The van der Waals surface area contributed by atoms with E-state index < -0.39 is 0 Å². The molecular formula is C28H25BO2. The van der Waals surface area contributed by atoms with Crippen molar-refractivity contribution in [2.75, 3.05) is 0 Å². The molecule has 5 aromatic carbocycles. The molecule has 1 saturated heterocycles. The minimum atomic E-state index is -0.357. The van der Waals surface area contributed by atoms with Gasteiger partial charge < -0.3 is 9.31 Å². The summed E-state index contributed by atoms with van der Waals surface area (Å²) in [6.07, 6.45) is 0. The quantitative estimate of drug-likeness (QED) is 0.245. The van der Waals surface area contributed by atoms with Crippen LogP contribution in [0.3, 0.4) is 0 Å². The van der Waals surface area contributed by atoms with Gasteiger partial charge in [0.15, 0.2) is 0 Å². The predicted molar refractivity (Wildman–Crippen MR) is 131 cm³/mol. The first-order valence-corrected chi connectivity index (χ1v) is 11.0. The van der Waals surface area contributed by atoms with E-state index in [1.165, 1.54) is 43.4 Å². The van der Waals surface area contributed by atoms with Gasteiger partial charge in [-0.25, -0.2) is 0 Å². The molecule has 6 rings (SSSR count). The van der Waals surface area contributed by atoms with Crippen molar-refractivity contribution in [1.29, 1.82) is 0 Å². The maximum absolute atomic E-state index is 6.30. The van der Waals surface area contributed by atoms with E-state index in [9.17, 15) is 0 Å². The van der Waals surface area contributed by atoms with E-state index in [1.807, 2.05) is 0 Å². The van der Waals surface area contributed by atoms with Crippen LogP contribution in [0, 0.1) is 0 Å². The topological polar surface area (TPSA) is 18.5 Å². The maximum Gasteiger partial charge on any atom is 0.494 e. The van der Waals surface area contributed by atoms with E-state index in [1.54, 1.807) is 0 Å². The Labute approximate surface area is 183 Å². The molecule has 0 saturated carbocycles. The Kier molecular flexibility index (Phi) is 3.84. The van der Waals surface area contributed by atoms with Gasteiger partial charge in [-0.15, -0.1) is 0 Å². The van der Waals surface area contributed by atoms with E-state index in [-0.39, 0.29) is 18.3 Å². The lowest BCUT2D eigenvalue weighted by molar-refractivity contribution is 0.00578. The summed E-state index contributed by atoms with van der Waals surface area (Å²) in [5, 5.41) is 7.84. The van der Waals surface area contributed by atoms with Crippen molar-refractivity contribution in [2.24, 2.45) is 0 Å². The Morgan fingerprint density at radius 1 is 0.613 bits per heavy atom. The van der Waals surface area contributed by atoms with Crippen molar-refractivity contribution in [3.63, 3.8) is 0 Å². The molecule has 1 aliphatic rings. The van der Waals surface area contributed by atoms with E-state index in [2.05, 4.69) is 107 Å². The zero-order valence-electron chi connectivity index (χ0n) is 18.4. The highest BCUT2D eigenvalue weighted by atomic mass is 16.7. The van der Waals surface area contributed by atoms with Crippen LogP contribution in [0.2, 0.25) is 0 Å². The second-order valence-corrected chi connectivity index (χ2v) is 9.68. The summed E-state index contributed by atoms with van der Waals surface area (Å²) in [5.41, 5.74) is 2.79. The fourth-order valence-corrected chi connectivity index (χ4v) is 4.82. The largest absolute Gasteiger partial charge is 0.494 e. The third-order valence-corrected chi connectivity index (χ3v) is 7.25. The molecule has 1 fully saturated rings. The standard InChI is InChI=1S/C28H25BO2/c1-27(2)28(3,4)31-29(30-27)22-10-6-9-21(17-22)23-15-13-20-12-11-18-7-5-8-19-14-16-24(23)26(20)25(18)19/h5-17H,1-4H3. The van der Waals surface area contributed by atoms with Crippen LogP contribution >= 0.6 is 0 Å². The molecule has 3 heteroatoms. The summed E-state index contributed by atoms with van der Waals surface area (Å²) >= 11 is 0. The fraction of sp³-hybridized carbons (Fsp3) is 0.214. The Morgan fingerprint density at radius 3 is 1.90 bits per heavy atom. The molecule has 0 radical (unpaired) electrons. The van der Waals surface area contributed by atoms with Crippen molar-refractivity contribution in [3.05, 3.63) is 78.9 Å². The first-order chi connectivity index (χ1) is 14.8. The molecule has 1 aliphatic heterocycles. The van der Waals surface area contributed by atoms with Crippen molar-refractivity contribution in [3.8, 4) is 11.1 Å². The average molecular weight is 404 g/mol. The third kappa shape index (κ3) is 2.73. The van der Waals surface area contributed by atoms with E-state index >= 15 is 0 Å². The van der Waals surface area contributed by atoms with E-state index in [0.717, 1.165) is 5.46 Å². The van der Waals surface area contributed by atoms with Gasteiger partial charge >= 0.3 is 7.12 Å².